The van der Waals surface area contributed by atoms with Gasteiger partial charge in [-0.05, 0) is 47.4 Å². The number of hydrogen-bond acceptors (Lipinski definition) is 3. The van der Waals surface area contributed by atoms with Gasteiger partial charge in [0.1, 0.15) is 5.60 Å². The van der Waals surface area contributed by atoms with Crippen LogP contribution in [0.3, 0.4) is 0 Å². The summed E-state index contributed by atoms with van der Waals surface area (Å²) >= 11 is 0. The molecule has 0 radical (unpaired) electrons. The maximum Gasteiger partial charge on any atom is 0.254 e. The van der Waals surface area contributed by atoms with Crippen molar-refractivity contribution in [1.29, 1.82) is 0 Å². The van der Waals surface area contributed by atoms with E-state index in [1.807, 2.05) is 18.2 Å². The summed E-state index contributed by atoms with van der Waals surface area (Å²) in [5, 5.41) is 13.2. The molecule has 0 amide bonds. The van der Waals surface area contributed by atoms with Gasteiger partial charge in [-0.3, -0.25) is 9.59 Å². The third-order valence-corrected chi connectivity index (χ3v) is 6.00. The Morgan fingerprint density at radius 3 is 2.54 bits per heavy atom. The van der Waals surface area contributed by atoms with Crippen molar-refractivity contribution < 1.29 is 9.90 Å². The lowest BCUT2D eigenvalue weighted by molar-refractivity contribution is -0.140. The molecule has 0 saturated heterocycles. The lowest BCUT2D eigenvalue weighted by atomic mass is 9.76. The minimum Gasteiger partial charge on any atom is -0.377 e. The lowest BCUT2D eigenvalue weighted by Gasteiger charge is -2.32. The summed E-state index contributed by atoms with van der Waals surface area (Å²) in [6.45, 7) is 2.33. The number of pyridine rings is 1. The zero-order valence-corrected chi connectivity index (χ0v) is 14.6. The van der Waals surface area contributed by atoms with Crippen molar-refractivity contribution in [2.75, 3.05) is 0 Å². The molecule has 3 aromatic rings. The molecule has 1 atom stereocenters. The van der Waals surface area contributed by atoms with E-state index in [0.717, 1.165) is 27.6 Å². The minimum absolute atomic E-state index is 0.0721. The fourth-order valence-electron chi connectivity index (χ4n) is 4.49. The maximum absolute atomic E-state index is 13.1. The normalized spacial score (nSPS) is 20.8. The largest absolute Gasteiger partial charge is 0.377 e. The number of fused-ring (bicyclic) bond motifs is 5. The first-order valence-corrected chi connectivity index (χ1v) is 9.08. The lowest BCUT2D eigenvalue weighted by Crippen LogP contribution is -2.43. The number of benzene rings is 2. The van der Waals surface area contributed by atoms with Crippen LogP contribution in [-0.2, 0) is 23.4 Å². The average Bonchev–Trinajstić information content (AvgIpc) is 3.01. The summed E-state index contributed by atoms with van der Waals surface area (Å²) in [6.07, 6.45) is 0.920. The van der Waals surface area contributed by atoms with Crippen molar-refractivity contribution in [3.05, 3.63) is 69.5 Å². The fourth-order valence-corrected chi connectivity index (χ4v) is 4.49. The fraction of sp³-hybridized carbons (Fsp3) is 0.273. The van der Waals surface area contributed by atoms with Gasteiger partial charge >= 0.3 is 0 Å². The minimum atomic E-state index is -1.54. The summed E-state index contributed by atoms with van der Waals surface area (Å²) in [5.41, 5.74) is 2.41. The zero-order valence-electron chi connectivity index (χ0n) is 14.6. The standard InChI is InChI=1S/C22H19NO3/c1-2-22(26)18-11-19-17-10-14-6-4-3-5-13(14)9-15(17)12-23(19)21(25)16(18)7-8-20(22)24/h3-6,9-11,26H,2,7-8,12H2,1H3. The number of Topliss-reactive ketones (excluding diaryl/α,β-unsaturated/α-hetero) is 1. The van der Waals surface area contributed by atoms with Crippen LogP contribution in [0.1, 0.15) is 36.5 Å². The Balaban J connectivity index is 1.81. The highest BCUT2D eigenvalue weighted by molar-refractivity contribution is 5.92. The number of ketones is 1. The van der Waals surface area contributed by atoms with E-state index in [1.54, 1.807) is 11.5 Å². The first kappa shape index (κ1) is 15.5. The van der Waals surface area contributed by atoms with Gasteiger partial charge in [-0.25, -0.2) is 0 Å². The van der Waals surface area contributed by atoms with Crippen LogP contribution >= 0.6 is 0 Å². The van der Waals surface area contributed by atoms with E-state index < -0.39 is 5.60 Å². The number of aromatic nitrogens is 1. The molecule has 1 unspecified atom stereocenters. The smallest absolute Gasteiger partial charge is 0.254 e. The molecule has 130 valence electrons. The highest BCUT2D eigenvalue weighted by atomic mass is 16.3. The van der Waals surface area contributed by atoms with Crippen molar-refractivity contribution in [3.8, 4) is 11.3 Å². The molecular weight excluding hydrogens is 326 g/mol. The Morgan fingerprint density at radius 2 is 1.81 bits per heavy atom. The molecule has 0 saturated carbocycles. The van der Waals surface area contributed by atoms with Gasteiger partial charge < -0.3 is 9.67 Å². The van der Waals surface area contributed by atoms with Crippen molar-refractivity contribution in [3.63, 3.8) is 0 Å². The topological polar surface area (TPSA) is 59.3 Å². The zero-order chi connectivity index (χ0) is 18.1. The molecule has 2 aromatic carbocycles. The van der Waals surface area contributed by atoms with Crippen molar-refractivity contribution >= 4 is 16.6 Å². The Bertz CT molecular complexity index is 1160. The van der Waals surface area contributed by atoms with Crippen LogP contribution in [0.15, 0.2) is 47.3 Å². The first-order chi connectivity index (χ1) is 12.5. The summed E-state index contributed by atoms with van der Waals surface area (Å²) in [5.74, 6) is -0.186. The van der Waals surface area contributed by atoms with Crippen molar-refractivity contribution in [1.82, 2.24) is 4.57 Å². The quantitative estimate of drug-likeness (QED) is 0.576. The predicted octanol–water partition coefficient (Wildman–Crippen LogP) is 3.14. The van der Waals surface area contributed by atoms with Crippen LogP contribution in [-0.4, -0.2) is 15.5 Å². The Hall–Kier alpha value is -2.72. The molecule has 0 bridgehead atoms. The van der Waals surface area contributed by atoms with E-state index >= 15 is 0 Å². The van der Waals surface area contributed by atoms with Gasteiger partial charge in [0.15, 0.2) is 5.78 Å². The van der Waals surface area contributed by atoms with Gasteiger partial charge in [0.2, 0.25) is 0 Å². The molecule has 4 nitrogen and oxygen atoms in total. The number of rotatable bonds is 1. The van der Waals surface area contributed by atoms with Crippen LogP contribution in [0.2, 0.25) is 0 Å². The van der Waals surface area contributed by atoms with Crippen LogP contribution in [0.25, 0.3) is 22.0 Å². The van der Waals surface area contributed by atoms with Gasteiger partial charge in [-0.2, -0.15) is 0 Å². The summed E-state index contributed by atoms with van der Waals surface area (Å²) in [7, 11) is 0. The van der Waals surface area contributed by atoms with Gasteiger partial charge in [0, 0.05) is 23.1 Å². The molecule has 2 heterocycles. The molecular formula is C22H19NO3. The third kappa shape index (κ3) is 1.88. The van der Waals surface area contributed by atoms with Crippen molar-refractivity contribution in [2.24, 2.45) is 0 Å². The average molecular weight is 345 g/mol. The van der Waals surface area contributed by atoms with Gasteiger partial charge in [-0.1, -0.05) is 31.2 Å². The maximum atomic E-state index is 13.1. The molecule has 4 heteroatoms. The number of carbonyl (C=O) groups excluding carboxylic acids is 1. The van der Waals surface area contributed by atoms with Gasteiger partial charge in [0.05, 0.1) is 12.2 Å². The number of nitrogens with zero attached hydrogens (tertiary/aromatic N) is 1. The summed E-state index contributed by atoms with van der Waals surface area (Å²) in [6, 6.07) is 14.2. The molecule has 26 heavy (non-hydrogen) atoms. The third-order valence-electron chi connectivity index (χ3n) is 6.00. The molecule has 1 aromatic heterocycles. The molecule has 2 aliphatic rings. The first-order valence-electron chi connectivity index (χ1n) is 9.08. The Kier molecular flexibility index (Phi) is 3.07. The van der Waals surface area contributed by atoms with Crippen LogP contribution < -0.4 is 5.56 Å². The summed E-state index contributed by atoms with van der Waals surface area (Å²) < 4.78 is 1.79. The van der Waals surface area contributed by atoms with Gasteiger partial charge in [0.25, 0.3) is 5.56 Å². The second-order valence-corrected chi connectivity index (χ2v) is 7.31. The Labute approximate surface area is 150 Å². The number of carbonyl (C=O) groups is 1. The van der Waals surface area contributed by atoms with Gasteiger partial charge in [-0.15, -0.1) is 0 Å². The van der Waals surface area contributed by atoms with E-state index in [9.17, 15) is 14.7 Å². The molecule has 0 fully saturated rings. The Morgan fingerprint density at radius 1 is 1.08 bits per heavy atom. The van der Waals surface area contributed by atoms with E-state index in [4.69, 9.17) is 0 Å². The molecule has 0 spiro atoms. The molecule has 1 N–H and O–H groups in total. The second kappa shape index (κ2) is 5.15. The van der Waals surface area contributed by atoms with E-state index in [0.29, 0.717) is 24.1 Å². The van der Waals surface area contributed by atoms with E-state index in [2.05, 4.69) is 24.3 Å². The van der Waals surface area contributed by atoms with E-state index in [1.165, 1.54) is 0 Å². The van der Waals surface area contributed by atoms with Crippen LogP contribution in [0, 0.1) is 0 Å². The molecule has 1 aliphatic carbocycles. The highest BCUT2D eigenvalue weighted by Crippen LogP contribution is 2.40. The summed E-state index contributed by atoms with van der Waals surface area (Å²) in [4.78, 5) is 25.5. The second-order valence-electron chi connectivity index (χ2n) is 7.31. The van der Waals surface area contributed by atoms with E-state index in [-0.39, 0.29) is 24.2 Å². The SMILES string of the molecule is CCC1(O)C(=O)CCc2c1cc1n(c2=O)Cc2cc3ccccc3cc2-1. The highest BCUT2D eigenvalue weighted by Gasteiger charge is 2.42. The monoisotopic (exact) mass is 345 g/mol. The van der Waals surface area contributed by atoms with Crippen LogP contribution in [0.4, 0.5) is 0 Å². The predicted molar refractivity (Wildman–Crippen MR) is 100 cm³/mol. The number of hydrogen-bond donors (Lipinski definition) is 1. The van der Waals surface area contributed by atoms with Crippen LogP contribution in [0.5, 0.6) is 0 Å². The molecule has 1 aliphatic heterocycles. The molecule has 5 rings (SSSR count). The number of aliphatic hydroxyl groups is 1. The van der Waals surface area contributed by atoms with Crippen molar-refractivity contribution in [2.45, 2.75) is 38.3 Å².